The van der Waals surface area contributed by atoms with E-state index in [-0.39, 0.29) is 18.6 Å². The maximum absolute atomic E-state index is 13.3. The Morgan fingerprint density at radius 2 is 2.07 bits per heavy atom. The van der Waals surface area contributed by atoms with E-state index >= 15 is 0 Å². The lowest BCUT2D eigenvalue weighted by molar-refractivity contribution is 0.0679. The number of hydrogen-bond acceptors (Lipinski definition) is 4. The summed E-state index contributed by atoms with van der Waals surface area (Å²) in [6.07, 6.45) is 1.76. The molecule has 1 saturated heterocycles. The summed E-state index contributed by atoms with van der Waals surface area (Å²) in [6.45, 7) is 0.673. The number of pyridine rings is 1. The third-order valence-electron chi connectivity index (χ3n) is 5.16. The molecule has 1 amide bonds. The van der Waals surface area contributed by atoms with Crippen molar-refractivity contribution in [2.45, 2.75) is 18.9 Å². The fourth-order valence-electron chi connectivity index (χ4n) is 3.73. The summed E-state index contributed by atoms with van der Waals surface area (Å²) in [5.74, 6) is 0.699. The van der Waals surface area contributed by atoms with Gasteiger partial charge in [0.15, 0.2) is 0 Å². The Hall–Kier alpha value is -2.92. The number of fused-ring (bicyclic) bond motifs is 1. The second-order valence-corrected chi connectivity index (χ2v) is 6.78. The van der Waals surface area contributed by atoms with Crippen LogP contribution in [0.1, 0.15) is 23.2 Å². The third-order valence-corrected chi connectivity index (χ3v) is 5.16. The van der Waals surface area contributed by atoms with Crippen LogP contribution in [0.5, 0.6) is 5.75 Å². The van der Waals surface area contributed by atoms with Gasteiger partial charge in [-0.2, -0.15) is 0 Å². The fourth-order valence-corrected chi connectivity index (χ4v) is 3.73. The molecule has 1 aliphatic heterocycles. The maximum Gasteiger partial charge on any atom is 0.254 e. The largest absolute Gasteiger partial charge is 0.497 e. The van der Waals surface area contributed by atoms with Crippen molar-refractivity contribution in [2.75, 3.05) is 20.3 Å². The van der Waals surface area contributed by atoms with E-state index < -0.39 is 0 Å². The van der Waals surface area contributed by atoms with E-state index in [1.807, 2.05) is 54.6 Å². The number of ether oxygens (including phenoxy) is 1. The van der Waals surface area contributed by atoms with Crippen LogP contribution < -0.4 is 4.74 Å². The number of rotatable bonds is 4. The number of benzene rings is 2. The zero-order valence-corrected chi connectivity index (χ0v) is 15.3. The molecule has 4 rings (SSSR count). The Balaban J connectivity index is 1.85. The van der Waals surface area contributed by atoms with Crippen LogP contribution in [0, 0.1) is 0 Å². The SMILES string of the molecule is COc1cccc(-c2cc(C(=O)N3CCCC3CO)c3ccccc3n2)c1. The second kappa shape index (κ2) is 7.37. The molecule has 5 heteroatoms. The van der Waals surface area contributed by atoms with Crippen LogP contribution >= 0.6 is 0 Å². The van der Waals surface area contributed by atoms with Gasteiger partial charge >= 0.3 is 0 Å². The lowest BCUT2D eigenvalue weighted by atomic mass is 10.0. The van der Waals surface area contributed by atoms with Gasteiger partial charge in [0.2, 0.25) is 0 Å². The number of aliphatic hydroxyl groups is 1. The van der Waals surface area contributed by atoms with Gasteiger partial charge in [0.05, 0.1) is 36.5 Å². The van der Waals surface area contributed by atoms with Crippen molar-refractivity contribution in [3.8, 4) is 17.0 Å². The Labute approximate surface area is 158 Å². The van der Waals surface area contributed by atoms with Gasteiger partial charge in [-0.1, -0.05) is 30.3 Å². The molecule has 1 N–H and O–H groups in total. The maximum atomic E-state index is 13.3. The molecule has 1 fully saturated rings. The van der Waals surface area contributed by atoms with Crippen LogP contribution in [-0.2, 0) is 0 Å². The first-order valence-corrected chi connectivity index (χ1v) is 9.17. The molecule has 0 aliphatic carbocycles. The van der Waals surface area contributed by atoms with Gasteiger partial charge < -0.3 is 14.7 Å². The minimum absolute atomic E-state index is 0.00248. The van der Waals surface area contributed by atoms with Crippen molar-refractivity contribution in [1.29, 1.82) is 0 Å². The lowest BCUT2D eigenvalue weighted by Crippen LogP contribution is -2.37. The smallest absolute Gasteiger partial charge is 0.254 e. The van der Waals surface area contributed by atoms with Crippen molar-refractivity contribution in [3.05, 3.63) is 60.2 Å². The van der Waals surface area contributed by atoms with Gasteiger partial charge in [0.25, 0.3) is 5.91 Å². The monoisotopic (exact) mass is 362 g/mol. The van der Waals surface area contributed by atoms with Crippen molar-refractivity contribution in [1.82, 2.24) is 9.88 Å². The highest BCUT2D eigenvalue weighted by Crippen LogP contribution is 2.29. The molecule has 0 radical (unpaired) electrons. The number of methoxy groups -OCH3 is 1. The molecule has 0 bridgehead atoms. The first kappa shape index (κ1) is 17.5. The van der Waals surface area contributed by atoms with E-state index in [1.165, 1.54) is 0 Å². The van der Waals surface area contributed by atoms with E-state index in [0.29, 0.717) is 12.1 Å². The van der Waals surface area contributed by atoms with E-state index in [4.69, 9.17) is 9.72 Å². The molecule has 2 heterocycles. The van der Waals surface area contributed by atoms with E-state index in [2.05, 4.69) is 0 Å². The molecule has 0 saturated carbocycles. The third kappa shape index (κ3) is 3.26. The Morgan fingerprint density at radius 1 is 1.22 bits per heavy atom. The van der Waals surface area contributed by atoms with Gasteiger partial charge in [-0.3, -0.25) is 4.79 Å². The Kier molecular flexibility index (Phi) is 4.77. The molecule has 1 aromatic heterocycles. The molecule has 3 aromatic rings. The van der Waals surface area contributed by atoms with Crippen LogP contribution in [0.25, 0.3) is 22.2 Å². The zero-order chi connectivity index (χ0) is 18.8. The highest BCUT2D eigenvalue weighted by atomic mass is 16.5. The predicted molar refractivity (Wildman–Crippen MR) is 105 cm³/mol. The predicted octanol–water partition coefficient (Wildman–Crippen LogP) is 3.51. The van der Waals surface area contributed by atoms with Crippen molar-refractivity contribution >= 4 is 16.8 Å². The average molecular weight is 362 g/mol. The molecule has 1 atom stereocenters. The number of nitrogens with zero attached hydrogens (tertiary/aromatic N) is 2. The molecular formula is C22H22N2O3. The van der Waals surface area contributed by atoms with Crippen molar-refractivity contribution in [3.63, 3.8) is 0 Å². The number of carbonyl (C=O) groups is 1. The number of amides is 1. The van der Waals surface area contributed by atoms with Crippen LogP contribution in [0.3, 0.4) is 0 Å². The number of aliphatic hydroxyl groups excluding tert-OH is 1. The first-order chi connectivity index (χ1) is 13.2. The van der Waals surface area contributed by atoms with E-state index in [0.717, 1.165) is 40.8 Å². The number of carbonyl (C=O) groups excluding carboxylic acids is 1. The number of hydrogen-bond donors (Lipinski definition) is 1. The zero-order valence-electron chi connectivity index (χ0n) is 15.3. The summed E-state index contributed by atoms with van der Waals surface area (Å²) >= 11 is 0. The summed E-state index contributed by atoms with van der Waals surface area (Å²) in [5.41, 5.74) is 3.03. The van der Waals surface area contributed by atoms with Crippen LogP contribution in [-0.4, -0.2) is 47.2 Å². The minimum Gasteiger partial charge on any atom is -0.497 e. The van der Waals surface area contributed by atoms with E-state index in [9.17, 15) is 9.90 Å². The second-order valence-electron chi connectivity index (χ2n) is 6.78. The molecule has 27 heavy (non-hydrogen) atoms. The van der Waals surface area contributed by atoms with Crippen molar-refractivity contribution in [2.24, 2.45) is 0 Å². The lowest BCUT2D eigenvalue weighted by Gasteiger charge is -2.24. The molecular weight excluding hydrogens is 340 g/mol. The molecule has 2 aromatic carbocycles. The number of para-hydroxylation sites is 1. The van der Waals surface area contributed by atoms with Gasteiger partial charge in [0.1, 0.15) is 5.75 Å². The minimum atomic E-state index is -0.107. The summed E-state index contributed by atoms with van der Waals surface area (Å²) in [6, 6.07) is 17.1. The van der Waals surface area contributed by atoms with E-state index in [1.54, 1.807) is 12.0 Å². The summed E-state index contributed by atoms with van der Waals surface area (Å²) in [4.78, 5) is 19.8. The van der Waals surface area contributed by atoms with Crippen LogP contribution in [0.4, 0.5) is 0 Å². The topological polar surface area (TPSA) is 62.7 Å². The number of likely N-dealkylation sites (tertiary alicyclic amines) is 1. The summed E-state index contributed by atoms with van der Waals surface area (Å²) in [5, 5.41) is 10.4. The first-order valence-electron chi connectivity index (χ1n) is 9.17. The number of aromatic nitrogens is 1. The Morgan fingerprint density at radius 3 is 2.89 bits per heavy atom. The summed E-state index contributed by atoms with van der Waals surface area (Å²) in [7, 11) is 1.63. The molecule has 0 spiro atoms. The normalized spacial score (nSPS) is 16.7. The standard InChI is InChI=1S/C22H22N2O3/c1-27-17-8-4-6-15(12-17)21-13-19(18-9-2-3-10-20(18)23-21)22(26)24-11-5-7-16(24)14-25/h2-4,6,8-10,12-13,16,25H,5,7,11,14H2,1H3. The quantitative estimate of drug-likeness (QED) is 0.771. The van der Waals surface area contributed by atoms with Gasteiger partial charge in [-0.25, -0.2) is 4.98 Å². The highest BCUT2D eigenvalue weighted by molar-refractivity contribution is 6.07. The molecule has 5 nitrogen and oxygen atoms in total. The van der Waals surface area contributed by atoms with Crippen LogP contribution in [0.15, 0.2) is 54.6 Å². The van der Waals surface area contributed by atoms with Crippen molar-refractivity contribution < 1.29 is 14.6 Å². The van der Waals surface area contributed by atoms with Crippen LogP contribution in [0.2, 0.25) is 0 Å². The molecule has 1 unspecified atom stereocenters. The molecule has 1 aliphatic rings. The molecule has 138 valence electrons. The van der Waals surface area contributed by atoms with Gasteiger partial charge in [-0.15, -0.1) is 0 Å². The van der Waals surface area contributed by atoms with Gasteiger partial charge in [0, 0.05) is 17.5 Å². The summed E-state index contributed by atoms with van der Waals surface area (Å²) < 4.78 is 5.32. The fraction of sp³-hybridized carbons (Fsp3) is 0.273. The Bertz CT molecular complexity index is 986. The van der Waals surface area contributed by atoms with Gasteiger partial charge in [-0.05, 0) is 37.1 Å². The highest BCUT2D eigenvalue weighted by Gasteiger charge is 2.30. The average Bonchev–Trinajstić information content (AvgIpc) is 3.21.